The minimum Gasteiger partial charge on any atom is -0.292 e. The molecule has 1 aromatic heterocycles. The molecule has 0 spiro atoms. The van der Waals surface area contributed by atoms with Crippen molar-refractivity contribution < 1.29 is 0 Å². The zero-order chi connectivity index (χ0) is 19.4. The summed E-state index contributed by atoms with van der Waals surface area (Å²) in [6.07, 6.45) is 1.74. The molecule has 0 saturated heterocycles. The van der Waals surface area contributed by atoms with E-state index in [2.05, 4.69) is 65.6 Å². The van der Waals surface area contributed by atoms with E-state index in [0.29, 0.717) is 12.4 Å². The molecule has 27 heavy (non-hydrogen) atoms. The lowest BCUT2D eigenvalue weighted by Gasteiger charge is -2.16. The minimum atomic E-state index is -0.344. The molecular weight excluding hydrogens is 338 g/mol. The minimum absolute atomic E-state index is 0.146. The van der Waals surface area contributed by atoms with Gasteiger partial charge in [0, 0.05) is 12.1 Å². The van der Waals surface area contributed by atoms with E-state index >= 15 is 0 Å². The van der Waals surface area contributed by atoms with Crippen LogP contribution in [0.25, 0.3) is 22.5 Å². The van der Waals surface area contributed by atoms with Gasteiger partial charge < -0.3 is 0 Å². The van der Waals surface area contributed by atoms with E-state index in [1.165, 1.54) is 11.1 Å². The molecule has 0 bridgehead atoms. The van der Waals surface area contributed by atoms with Crippen LogP contribution in [0, 0.1) is 0 Å². The molecule has 0 fully saturated rings. The van der Waals surface area contributed by atoms with Crippen LogP contribution in [0.3, 0.4) is 0 Å². The van der Waals surface area contributed by atoms with Crippen molar-refractivity contribution in [2.75, 3.05) is 5.43 Å². The number of aromatic nitrogens is 3. The summed E-state index contributed by atoms with van der Waals surface area (Å²) in [6, 6.07) is 14.7. The van der Waals surface area contributed by atoms with Gasteiger partial charge in [0.25, 0.3) is 0 Å². The number of nitrogens with zero attached hydrogens (tertiary/aromatic N) is 3. The van der Waals surface area contributed by atoms with E-state index in [1.807, 2.05) is 13.0 Å². The van der Waals surface area contributed by atoms with Crippen LogP contribution in [0.15, 0.2) is 47.3 Å². The summed E-state index contributed by atoms with van der Waals surface area (Å²) in [5.41, 5.74) is 8.22. The van der Waals surface area contributed by atoms with Crippen molar-refractivity contribution in [3.8, 4) is 22.5 Å². The number of benzene rings is 2. The zero-order valence-corrected chi connectivity index (χ0v) is 16.0. The van der Waals surface area contributed by atoms with Gasteiger partial charge in [-0.15, -0.1) is 0 Å². The first kappa shape index (κ1) is 18.8. The van der Waals surface area contributed by atoms with E-state index in [4.69, 9.17) is 5.84 Å². The molecule has 0 atom stereocenters. The number of hydrogen-bond acceptors (Lipinski definition) is 5. The summed E-state index contributed by atoms with van der Waals surface area (Å²) in [7, 11) is 0. The fourth-order valence-electron chi connectivity index (χ4n) is 3.16. The standard InChI is InChI=1S/C15H21N5O.C6H4/c1-4-10-8-7-9-11(5-2)12(10)13-17-14(19-16)18-15(21)20(13)6-3;1-2-6-4-3-5(1)6/h7-9H,4-6,16H2,1-3H3,(H,18,19,21);1-4H. The molecule has 2 aliphatic rings. The maximum Gasteiger partial charge on any atom is 0.352 e. The van der Waals surface area contributed by atoms with Crippen LogP contribution in [0.2, 0.25) is 0 Å². The first-order chi connectivity index (χ1) is 13.1. The van der Waals surface area contributed by atoms with Gasteiger partial charge in [0.1, 0.15) is 5.82 Å². The highest BCUT2D eigenvalue weighted by atomic mass is 16.1. The summed E-state index contributed by atoms with van der Waals surface area (Å²) in [5.74, 6) is 6.15. The Hall–Kier alpha value is -2.99. The van der Waals surface area contributed by atoms with Gasteiger partial charge in [0.2, 0.25) is 5.95 Å². The van der Waals surface area contributed by atoms with Crippen molar-refractivity contribution in [3.05, 3.63) is 64.1 Å². The largest absolute Gasteiger partial charge is 0.352 e. The van der Waals surface area contributed by atoms with Gasteiger partial charge in [-0.2, -0.15) is 9.97 Å². The maximum atomic E-state index is 12.1. The Balaban J connectivity index is 0.000000290. The van der Waals surface area contributed by atoms with Crippen molar-refractivity contribution in [3.63, 3.8) is 0 Å². The molecule has 3 N–H and O–H groups in total. The lowest BCUT2D eigenvalue weighted by atomic mass is 9.95. The molecule has 0 aliphatic heterocycles. The molecule has 2 aliphatic carbocycles. The van der Waals surface area contributed by atoms with Gasteiger partial charge >= 0.3 is 5.69 Å². The monoisotopic (exact) mass is 363 g/mol. The Bertz CT molecular complexity index is 949. The first-order valence-electron chi connectivity index (χ1n) is 9.29. The van der Waals surface area contributed by atoms with Crippen LogP contribution >= 0.6 is 0 Å². The summed E-state index contributed by atoms with van der Waals surface area (Å²) in [6.45, 7) is 6.61. The van der Waals surface area contributed by atoms with Gasteiger partial charge in [-0.1, -0.05) is 56.3 Å². The predicted molar refractivity (Wildman–Crippen MR) is 109 cm³/mol. The van der Waals surface area contributed by atoms with Crippen molar-refractivity contribution in [2.45, 2.75) is 40.2 Å². The number of hydrazine groups is 1. The predicted octanol–water partition coefficient (Wildman–Crippen LogP) is 3.40. The summed E-state index contributed by atoms with van der Waals surface area (Å²) in [5, 5.41) is 0. The summed E-state index contributed by atoms with van der Waals surface area (Å²) < 4.78 is 1.58. The molecular formula is C21H25N5O. The SMILES string of the molecule is CCc1cccc(CC)c1-c1nc(NN)nc(=O)n1CC.c1cc2ccc1-2. The molecule has 4 rings (SSSR count). The second-order valence-electron chi connectivity index (χ2n) is 6.28. The number of nitrogen functional groups attached to an aromatic ring is 1. The van der Waals surface area contributed by atoms with E-state index in [1.54, 1.807) is 4.57 Å². The highest BCUT2D eigenvalue weighted by Gasteiger charge is 2.16. The second-order valence-corrected chi connectivity index (χ2v) is 6.28. The topological polar surface area (TPSA) is 85.8 Å². The van der Waals surface area contributed by atoms with Gasteiger partial charge in [-0.3, -0.25) is 9.99 Å². The lowest BCUT2D eigenvalue weighted by Crippen LogP contribution is -2.28. The average Bonchev–Trinajstić information content (AvgIpc) is 2.69. The fraction of sp³-hybridized carbons (Fsp3) is 0.286. The third-order valence-electron chi connectivity index (χ3n) is 4.79. The highest BCUT2D eigenvalue weighted by molar-refractivity contribution is 5.75. The second kappa shape index (κ2) is 8.14. The highest BCUT2D eigenvalue weighted by Crippen LogP contribution is 2.29. The Labute approximate surface area is 159 Å². The Morgan fingerprint density at radius 3 is 1.85 bits per heavy atom. The maximum absolute atomic E-state index is 12.1. The van der Waals surface area contributed by atoms with Gasteiger partial charge in [-0.25, -0.2) is 10.6 Å². The van der Waals surface area contributed by atoms with Crippen molar-refractivity contribution >= 4 is 5.95 Å². The Kier molecular flexibility index (Phi) is 5.66. The molecule has 0 saturated carbocycles. The molecule has 140 valence electrons. The van der Waals surface area contributed by atoms with Crippen molar-refractivity contribution in [1.82, 2.24) is 14.5 Å². The van der Waals surface area contributed by atoms with Crippen molar-refractivity contribution in [2.24, 2.45) is 5.84 Å². The fourth-order valence-corrected chi connectivity index (χ4v) is 3.16. The van der Waals surface area contributed by atoms with Crippen LogP contribution < -0.4 is 17.0 Å². The number of hydrogen-bond donors (Lipinski definition) is 2. The van der Waals surface area contributed by atoms with Gasteiger partial charge in [-0.05, 0) is 42.0 Å². The van der Waals surface area contributed by atoms with E-state index < -0.39 is 0 Å². The molecule has 6 heteroatoms. The Morgan fingerprint density at radius 2 is 1.48 bits per heavy atom. The molecule has 1 heterocycles. The number of aryl methyl sites for hydroxylation is 2. The van der Waals surface area contributed by atoms with Crippen LogP contribution in [-0.2, 0) is 19.4 Å². The van der Waals surface area contributed by atoms with Gasteiger partial charge in [0.15, 0.2) is 0 Å². The van der Waals surface area contributed by atoms with Crippen LogP contribution in [0.5, 0.6) is 0 Å². The number of rotatable bonds is 5. The number of nitrogens with one attached hydrogen (secondary N) is 1. The smallest absolute Gasteiger partial charge is 0.292 e. The third kappa shape index (κ3) is 3.61. The van der Waals surface area contributed by atoms with Crippen LogP contribution in [-0.4, -0.2) is 14.5 Å². The Morgan fingerprint density at radius 1 is 0.926 bits per heavy atom. The molecule has 6 nitrogen and oxygen atoms in total. The zero-order valence-electron chi connectivity index (χ0n) is 16.0. The van der Waals surface area contributed by atoms with Crippen molar-refractivity contribution in [1.29, 1.82) is 0 Å². The summed E-state index contributed by atoms with van der Waals surface area (Å²) >= 11 is 0. The third-order valence-corrected chi connectivity index (χ3v) is 4.79. The quantitative estimate of drug-likeness (QED) is 0.419. The molecule has 0 radical (unpaired) electrons. The van der Waals surface area contributed by atoms with Gasteiger partial charge in [0.05, 0.1) is 0 Å². The molecule has 0 unspecified atom stereocenters. The van der Waals surface area contributed by atoms with E-state index in [0.717, 1.165) is 29.5 Å². The summed E-state index contributed by atoms with van der Waals surface area (Å²) in [4.78, 5) is 20.4. The van der Waals surface area contributed by atoms with E-state index in [9.17, 15) is 4.79 Å². The van der Waals surface area contributed by atoms with Crippen LogP contribution in [0.1, 0.15) is 31.9 Å². The molecule has 2 aromatic rings. The molecule has 0 amide bonds. The van der Waals surface area contributed by atoms with E-state index in [-0.39, 0.29) is 11.6 Å². The number of fused-ring (bicyclic) bond motifs is 1. The number of nitrogens with two attached hydrogens (primary N) is 1. The lowest BCUT2D eigenvalue weighted by molar-refractivity contribution is 0.685. The molecule has 1 aromatic carbocycles. The van der Waals surface area contributed by atoms with Crippen LogP contribution in [0.4, 0.5) is 5.95 Å². The normalized spacial score (nSPS) is 10.8. The average molecular weight is 363 g/mol. The first-order valence-corrected chi connectivity index (χ1v) is 9.29. The number of anilines is 1.